The van der Waals surface area contributed by atoms with E-state index in [1.165, 1.54) is 104 Å². The van der Waals surface area contributed by atoms with E-state index >= 15 is 0 Å². The van der Waals surface area contributed by atoms with Crippen LogP contribution in [0, 0.1) is 17.8 Å². The van der Waals surface area contributed by atoms with E-state index in [0.29, 0.717) is 5.41 Å². The number of fused-ring (bicyclic) bond motifs is 2. The molecule has 0 unspecified atom stereocenters. The van der Waals surface area contributed by atoms with Gasteiger partial charge in [-0.25, -0.2) is 0 Å². The molecule has 4 fully saturated rings. The second-order valence-corrected chi connectivity index (χ2v) is 16.7. The molecule has 4 saturated carbocycles. The summed E-state index contributed by atoms with van der Waals surface area (Å²) < 4.78 is 0. The lowest BCUT2D eigenvalue weighted by molar-refractivity contribution is -0.00518. The van der Waals surface area contributed by atoms with Crippen LogP contribution in [0.2, 0.25) is 0 Å². The Morgan fingerprint density at radius 3 is 1.88 bits per heavy atom. The minimum atomic E-state index is 0.396. The zero-order valence-corrected chi connectivity index (χ0v) is 29.1. The van der Waals surface area contributed by atoms with Crippen molar-refractivity contribution in [3.05, 3.63) is 150 Å². The molecule has 244 valence electrons. The molecule has 4 bridgehead atoms. The number of nitrogens with zero attached hydrogens (tertiary/aromatic N) is 2. The van der Waals surface area contributed by atoms with Gasteiger partial charge in [-0.2, -0.15) is 0 Å². The average Bonchev–Trinajstić information content (AvgIpc) is 3.14. The Hall–Kier alpha value is -4.73. The first-order valence-corrected chi connectivity index (χ1v) is 19.4. The van der Waals surface area contributed by atoms with Crippen molar-refractivity contribution in [2.75, 3.05) is 9.80 Å². The van der Waals surface area contributed by atoms with Crippen molar-refractivity contribution < 1.29 is 0 Å². The Labute approximate surface area is 299 Å². The summed E-state index contributed by atoms with van der Waals surface area (Å²) in [5.74, 6) is 2.84. The molecule has 1 aliphatic heterocycles. The van der Waals surface area contributed by atoms with Gasteiger partial charge in [-0.05, 0) is 168 Å². The van der Waals surface area contributed by atoms with E-state index in [9.17, 15) is 0 Å². The van der Waals surface area contributed by atoms with Crippen molar-refractivity contribution in [1.29, 1.82) is 0 Å². The highest BCUT2D eigenvalue weighted by Crippen LogP contribution is 2.61. The van der Waals surface area contributed by atoms with Crippen molar-refractivity contribution in [1.82, 2.24) is 0 Å². The minimum absolute atomic E-state index is 0.396. The molecule has 6 aromatic carbocycles. The lowest BCUT2D eigenvalue weighted by Gasteiger charge is -2.57. The first kappa shape index (κ1) is 29.0. The molecule has 0 spiro atoms. The van der Waals surface area contributed by atoms with Gasteiger partial charge in [0.25, 0.3) is 0 Å². The topological polar surface area (TPSA) is 6.48 Å². The molecular formula is C47H40N2S. The predicted octanol–water partition coefficient (Wildman–Crippen LogP) is 13.3. The lowest BCUT2D eigenvalue weighted by atomic mass is 9.48. The first-order chi connectivity index (χ1) is 24.7. The summed E-state index contributed by atoms with van der Waals surface area (Å²) in [5, 5.41) is 2.71. The SMILES string of the molecule is C1=Cc2cc(N(c3ccc(N4c5ccccc5Sc5ccccc54)cc3)c3ccc(C45CC6CC(CC(C6)C4)C5)cc3)cc3cccc(c23)C1. The Morgan fingerprint density at radius 1 is 0.600 bits per heavy atom. The normalized spacial score (nSPS) is 23.9. The Kier molecular flexibility index (Phi) is 6.47. The third-order valence-electron chi connectivity index (χ3n) is 12.5. The molecule has 3 heteroatoms. The van der Waals surface area contributed by atoms with E-state index in [0.717, 1.165) is 24.2 Å². The number of hydrogen-bond donors (Lipinski definition) is 0. The molecule has 2 nitrogen and oxygen atoms in total. The van der Waals surface area contributed by atoms with Crippen LogP contribution in [0.15, 0.2) is 143 Å². The van der Waals surface area contributed by atoms with Crippen molar-refractivity contribution in [2.45, 2.75) is 60.2 Å². The average molecular weight is 665 g/mol. The largest absolute Gasteiger partial charge is 0.310 e. The van der Waals surface area contributed by atoms with Crippen LogP contribution in [-0.2, 0) is 11.8 Å². The molecule has 50 heavy (non-hydrogen) atoms. The quantitative estimate of drug-likeness (QED) is 0.181. The van der Waals surface area contributed by atoms with Crippen LogP contribution >= 0.6 is 11.8 Å². The van der Waals surface area contributed by atoms with E-state index < -0.39 is 0 Å². The second kappa shape index (κ2) is 11.1. The van der Waals surface area contributed by atoms with Crippen LogP contribution in [0.3, 0.4) is 0 Å². The van der Waals surface area contributed by atoms with Gasteiger partial charge in [0, 0.05) is 32.5 Å². The molecule has 6 aromatic rings. The monoisotopic (exact) mass is 664 g/mol. The fourth-order valence-electron chi connectivity index (χ4n) is 10.9. The summed E-state index contributed by atoms with van der Waals surface area (Å²) in [5.41, 5.74) is 11.9. The lowest BCUT2D eigenvalue weighted by Crippen LogP contribution is -2.48. The maximum absolute atomic E-state index is 2.49. The van der Waals surface area contributed by atoms with Gasteiger partial charge in [0.1, 0.15) is 0 Å². The second-order valence-electron chi connectivity index (χ2n) is 15.6. The van der Waals surface area contributed by atoms with E-state index in [1.807, 2.05) is 11.8 Å². The highest BCUT2D eigenvalue weighted by molar-refractivity contribution is 7.99. The summed E-state index contributed by atoms with van der Waals surface area (Å²) in [6, 6.07) is 48.2. The molecule has 0 atom stereocenters. The van der Waals surface area contributed by atoms with Crippen LogP contribution in [0.5, 0.6) is 0 Å². The molecule has 5 aliphatic carbocycles. The van der Waals surface area contributed by atoms with Crippen LogP contribution in [0.1, 0.15) is 55.2 Å². The Morgan fingerprint density at radius 2 is 1.22 bits per heavy atom. The smallest absolute Gasteiger partial charge is 0.0601 e. The van der Waals surface area contributed by atoms with Crippen molar-refractivity contribution in [2.24, 2.45) is 17.8 Å². The highest BCUT2D eigenvalue weighted by atomic mass is 32.2. The third-order valence-corrected chi connectivity index (χ3v) is 13.7. The van der Waals surface area contributed by atoms with Gasteiger partial charge in [0.2, 0.25) is 0 Å². The van der Waals surface area contributed by atoms with Gasteiger partial charge in [0.05, 0.1) is 11.4 Å². The van der Waals surface area contributed by atoms with E-state index in [4.69, 9.17) is 0 Å². The fraction of sp³-hybridized carbons (Fsp3) is 0.234. The van der Waals surface area contributed by atoms with Gasteiger partial charge in [-0.15, -0.1) is 0 Å². The van der Waals surface area contributed by atoms with Crippen LogP contribution in [-0.4, -0.2) is 0 Å². The standard InChI is InChI=1S/C47H40N2S/c1-3-13-44-42(11-1)49(43-12-2-4-14-45(43)50-44)40-21-19-39(20-22-40)48(41-26-35-9-5-7-34-8-6-10-36(27-41)46(34)35)38-17-15-37(16-18-38)47-28-31-23-32(29-47)25-33(24-31)30-47/h1-7,9-22,26-27,31-33H,8,23-25,28-30H2. The van der Waals surface area contributed by atoms with Crippen LogP contribution in [0.4, 0.5) is 34.1 Å². The molecule has 0 saturated heterocycles. The third kappa shape index (κ3) is 4.56. The van der Waals surface area contributed by atoms with Gasteiger partial charge < -0.3 is 9.80 Å². The summed E-state index contributed by atoms with van der Waals surface area (Å²) >= 11 is 1.86. The molecule has 0 N–H and O–H groups in total. The Bertz CT molecular complexity index is 2240. The number of benzene rings is 6. The summed E-state index contributed by atoms with van der Waals surface area (Å²) in [4.78, 5) is 7.47. The molecule has 0 radical (unpaired) electrons. The molecule has 1 heterocycles. The zero-order chi connectivity index (χ0) is 32.8. The van der Waals surface area contributed by atoms with Gasteiger partial charge in [-0.1, -0.05) is 78.5 Å². The molecule has 0 amide bonds. The van der Waals surface area contributed by atoms with Gasteiger partial charge >= 0.3 is 0 Å². The summed E-state index contributed by atoms with van der Waals surface area (Å²) in [7, 11) is 0. The maximum Gasteiger partial charge on any atom is 0.0601 e. The highest BCUT2D eigenvalue weighted by Gasteiger charge is 2.51. The van der Waals surface area contributed by atoms with Crippen LogP contribution < -0.4 is 9.80 Å². The number of hydrogen-bond acceptors (Lipinski definition) is 3. The minimum Gasteiger partial charge on any atom is -0.310 e. The first-order valence-electron chi connectivity index (χ1n) is 18.6. The van der Waals surface area contributed by atoms with Gasteiger partial charge in [0.15, 0.2) is 0 Å². The molecular weight excluding hydrogens is 625 g/mol. The predicted molar refractivity (Wildman–Crippen MR) is 210 cm³/mol. The maximum atomic E-state index is 2.49. The number of rotatable bonds is 5. The molecule has 12 rings (SSSR count). The molecule has 6 aliphatic rings. The number of para-hydroxylation sites is 2. The molecule has 0 aromatic heterocycles. The summed E-state index contributed by atoms with van der Waals surface area (Å²) in [6.45, 7) is 0. The van der Waals surface area contributed by atoms with Crippen molar-refractivity contribution in [3.63, 3.8) is 0 Å². The summed E-state index contributed by atoms with van der Waals surface area (Å²) in [6.07, 6.45) is 14.3. The van der Waals surface area contributed by atoms with E-state index in [-0.39, 0.29) is 0 Å². The zero-order valence-electron chi connectivity index (χ0n) is 28.3. The van der Waals surface area contributed by atoms with Crippen LogP contribution in [0.25, 0.3) is 16.8 Å². The fourth-order valence-corrected chi connectivity index (χ4v) is 11.9. The van der Waals surface area contributed by atoms with Crippen molar-refractivity contribution >= 4 is 62.7 Å². The van der Waals surface area contributed by atoms with Gasteiger partial charge in [-0.3, -0.25) is 0 Å². The van der Waals surface area contributed by atoms with E-state index in [2.05, 4.69) is 149 Å². The van der Waals surface area contributed by atoms with E-state index in [1.54, 1.807) is 5.56 Å². The number of anilines is 6. The Balaban J connectivity index is 1.02. The van der Waals surface area contributed by atoms with Crippen molar-refractivity contribution in [3.8, 4) is 0 Å². The number of allylic oxidation sites excluding steroid dienone is 1.